The Morgan fingerprint density at radius 2 is 2.00 bits per heavy atom. The summed E-state index contributed by atoms with van der Waals surface area (Å²) in [5.74, 6) is 0.0417. The Labute approximate surface area is 72.4 Å². The number of allylic oxidation sites excluding steroid dienone is 1. The summed E-state index contributed by atoms with van der Waals surface area (Å²) in [6.45, 7) is 6.50. The Morgan fingerprint density at radius 1 is 1.45 bits per heavy atom. The predicted molar refractivity (Wildman–Crippen MR) is 50.6 cm³/mol. The largest absolute Gasteiger partial charge is 0.352 e. The molecule has 0 rings (SSSR count). The second kappa shape index (κ2) is 5.24. The summed E-state index contributed by atoms with van der Waals surface area (Å²) in [7, 11) is 0. The van der Waals surface area contributed by atoms with Crippen LogP contribution < -0.4 is 5.32 Å². The summed E-state index contributed by atoms with van der Waals surface area (Å²) in [6.07, 6.45) is 1.91. The fraction of sp³-hybridized carbons (Fsp3) is 0.625. The number of rotatable bonds is 3. The van der Waals surface area contributed by atoms with Gasteiger partial charge >= 0.3 is 0 Å². The highest BCUT2D eigenvalue weighted by Gasteiger charge is 2.07. The van der Waals surface area contributed by atoms with Crippen molar-refractivity contribution in [1.29, 1.82) is 0 Å². The molecule has 1 N–H and O–H groups in total. The minimum Gasteiger partial charge on any atom is -0.352 e. The van der Waals surface area contributed by atoms with Gasteiger partial charge in [-0.2, -0.15) is 0 Å². The highest BCUT2D eigenvalue weighted by Crippen LogP contribution is 2.15. The lowest BCUT2D eigenvalue weighted by atomic mass is 10.3. The number of hydrogen-bond acceptors (Lipinski definition) is 2. The van der Waals surface area contributed by atoms with Gasteiger partial charge in [0.05, 0.1) is 4.91 Å². The maximum atomic E-state index is 11.2. The SMILES string of the molecule is CCNC(=O)C(SC)=C(C)C. The molecule has 0 bridgehead atoms. The lowest BCUT2D eigenvalue weighted by Crippen LogP contribution is -2.23. The normalized spacial score (nSPS) is 9.09. The fourth-order valence-corrected chi connectivity index (χ4v) is 1.43. The topological polar surface area (TPSA) is 29.1 Å². The average Bonchev–Trinajstić information content (AvgIpc) is 1.88. The fourth-order valence-electron chi connectivity index (χ4n) is 0.765. The minimum atomic E-state index is 0.0417. The van der Waals surface area contributed by atoms with Gasteiger partial charge in [-0.05, 0) is 27.0 Å². The van der Waals surface area contributed by atoms with Gasteiger partial charge in [-0.3, -0.25) is 4.79 Å². The third-order valence-corrected chi connectivity index (χ3v) is 2.20. The minimum absolute atomic E-state index is 0.0417. The molecule has 0 heterocycles. The second-order valence-corrected chi connectivity index (χ2v) is 3.21. The molecule has 0 aromatic carbocycles. The zero-order valence-corrected chi connectivity index (χ0v) is 8.34. The molecule has 2 nitrogen and oxygen atoms in total. The van der Waals surface area contributed by atoms with Crippen molar-refractivity contribution < 1.29 is 4.79 Å². The van der Waals surface area contributed by atoms with Crippen molar-refractivity contribution >= 4 is 17.7 Å². The lowest BCUT2D eigenvalue weighted by Gasteiger charge is -2.05. The van der Waals surface area contributed by atoms with E-state index in [0.29, 0.717) is 6.54 Å². The van der Waals surface area contributed by atoms with Crippen molar-refractivity contribution in [3.63, 3.8) is 0 Å². The number of likely N-dealkylation sites (N-methyl/N-ethyl adjacent to an activating group) is 1. The van der Waals surface area contributed by atoms with E-state index in [0.717, 1.165) is 10.5 Å². The number of amides is 1. The van der Waals surface area contributed by atoms with Crippen molar-refractivity contribution in [2.75, 3.05) is 12.8 Å². The summed E-state index contributed by atoms with van der Waals surface area (Å²) in [6, 6.07) is 0. The second-order valence-electron chi connectivity index (χ2n) is 2.39. The van der Waals surface area contributed by atoms with E-state index in [-0.39, 0.29) is 5.91 Å². The maximum absolute atomic E-state index is 11.2. The van der Waals surface area contributed by atoms with Crippen LogP contribution >= 0.6 is 11.8 Å². The molecule has 0 saturated carbocycles. The Hall–Kier alpha value is -0.440. The van der Waals surface area contributed by atoms with Crippen LogP contribution in [0.15, 0.2) is 10.5 Å². The van der Waals surface area contributed by atoms with Gasteiger partial charge < -0.3 is 5.32 Å². The summed E-state index contributed by atoms with van der Waals surface area (Å²) in [5, 5.41) is 2.76. The third kappa shape index (κ3) is 3.46. The van der Waals surface area contributed by atoms with Crippen LogP contribution in [0.1, 0.15) is 20.8 Å². The van der Waals surface area contributed by atoms with Gasteiger partial charge in [-0.1, -0.05) is 5.57 Å². The van der Waals surface area contributed by atoms with Crippen molar-refractivity contribution in [2.45, 2.75) is 20.8 Å². The van der Waals surface area contributed by atoms with Gasteiger partial charge in [0, 0.05) is 6.54 Å². The van der Waals surface area contributed by atoms with E-state index >= 15 is 0 Å². The first-order valence-electron chi connectivity index (χ1n) is 3.63. The highest BCUT2D eigenvalue weighted by atomic mass is 32.2. The first-order chi connectivity index (χ1) is 5.13. The molecule has 0 spiro atoms. The Bertz CT molecular complexity index is 171. The molecule has 3 heteroatoms. The van der Waals surface area contributed by atoms with Crippen LogP contribution in [-0.4, -0.2) is 18.7 Å². The molecule has 0 aliphatic rings. The molecular formula is C8H15NOS. The number of carbonyl (C=O) groups is 1. The summed E-state index contributed by atoms with van der Waals surface area (Å²) >= 11 is 1.49. The van der Waals surface area contributed by atoms with Gasteiger partial charge in [0.2, 0.25) is 0 Å². The number of hydrogen-bond donors (Lipinski definition) is 1. The van der Waals surface area contributed by atoms with E-state index in [2.05, 4.69) is 5.32 Å². The van der Waals surface area contributed by atoms with E-state index in [9.17, 15) is 4.79 Å². The van der Waals surface area contributed by atoms with E-state index in [1.54, 1.807) is 0 Å². The van der Waals surface area contributed by atoms with Crippen molar-refractivity contribution in [3.05, 3.63) is 10.5 Å². The van der Waals surface area contributed by atoms with Crippen molar-refractivity contribution in [3.8, 4) is 0 Å². The summed E-state index contributed by atoms with van der Waals surface area (Å²) < 4.78 is 0. The van der Waals surface area contributed by atoms with Gasteiger partial charge in [0.25, 0.3) is 5.91 Å². The van der Waals surface area contributed by atoms with Crippen LogP contribution in [0.4, 0.5) is 0 Å². The van der Waals surface area contributed by atoms with Crippen LogP contribution in [0.2, 0.25) is 0 Å². The monoisotopic (exact) mass is 173 g/mol. The Morgan fingerprint density at radius 3 is 2.27 bits per heavy atom. The third-order valence-electron chi connectivity index (χ3n) is 1.20. The van der Waals surface area contributed by atoms with Crippen LogP contribution in [0.25, 0.3) is 0 Å². The van der Waals surface area contributed by atoms with Crippen LogP contribution in [-0.2, 0) is 4.79 Å². The first kappa shape index (κ1) is 10.6. The molecule has 64 valence electrons. The van der Waals surface area contributed by atoms with Gasteiger partial charge in [-0.25, -0.2) is 0 Å². The molecule has 0 aromatic rings. The average molecular weight is 173 g/mol. The molecule has 0 aromatic heterocycles. The first-order valence-corrected chi connectivity index (χ1v) is 4.85. The highest BCUT2D eigenvalue weighted by molar-refractivity contribution is 8.03. The standard InChI is InChI=1S/C8H15NOS/c1-5-9-8(10)7(11-4)6(2)3/h5H2,1-4H3,(H,9,10). The van der Waals surface area contributed by atoms with E-state index in [1.807, 2.05) is 27.0 Å². The maximum Gasteiger partial charge on any atom is 0.257 e. The zero-order valence-electron chi connectivity index (χ0n) is 7.52. The van der Waals surface area contributed by atoms with Crippen LogP contribution in [0.5, 0.6) is 0 Å². The Kier molecular flexibility index (Phi) is 5.03. The van der Waals surface area contributed by atoms with E-state index in [4.69, 9.17) is 0 Å². The van der Waals surface area contributed by atoms with Gasteiger partial charge in [0.1, 0.15) is 0 Å². The quantitative estimate of drug-likeness (QED) is 0.659. The molecule has 0 radical (unpaired) electrons. The predicted octanol–water partition coefficient (Wildman–Crippen LogP) is 1.78. The van der Waals surface area contributed by atoms with E-state index in [1.165, 1.54) is 11.8 Å². The lowest BCUT2D eigenvalue weighted by molar-refractivity contribution is -0.116. The summed E-state index contributed by atoms with van der Waals surface area (Å²) in [5.41, 5.74) is 1.07. The molecule has 0 saturated heterocycles. The zero-order chi connectivity index (χ0) is 8.85. The van der Waals surface area contributed by atoms with E-state index < -0.39 is 0 Å². The van der Waals surface area contributed by atoms with Crippen molar-refractivity contribution in [2.24, 2.45) is 0 Å². The molecule has 0 aliphatic carbocycles. The molecular weight excluding hydrogens is 158 g/mol. The summed E-state index contributed by atoms with van der Waals surface area (Å²) in [4.78, 5) is 12.1. The van der Waals surface area contributed by atoms with Gasteiger partial charge in [0.15, 0.2) is 0 Å². The molecule has 1 amide bonds. The molecule has 0 unspecified atom stereocenters. The molecule has 0 atom stereocenters. The smallest absolute Gasteiger partial charge is 0.257 e. The van der Waals surface area contributed by atoms with Crippen LogP contribution in [0, 0.1) is 0 Å². The number of thioether (sulfide) groups is 1. The Balaban J connectivity index is 4.28. The van der Waals surface area contributed by atoms with Crippen LogP contribution in [0.3, 0.4) is 0 Å². The van der Waals surface area contributed by atoms with Crippen molar-refractivity contribution in [1.82, 2.24) is 5.32 Å². The molecule has 11 heavy (non-hydrogen) atoms. The molecule has 0 aliphatic heterocycles. The molecule has 0 fully saturated rings. The number of nitrogens with one attached hydrogen (secondary N) is 1. The number of carbonyl (C=O) groups excluding carboxylic acids is 1. The van der Waals surface area contributed by atoms with Gasteiger partial charge in [-0.15, -0.1) is 11.8 Å².